The lowest BCUT2D eigenvalue weighted by molar-refractivity contribution is 0.281. The molecule has 3 rings (SSSR count). The van der Waals surface area contributed by atoms with Crippen LogP contribution in [-0.4, -0.2) is 62.1 Å². The van der Waals surface area contributed by atoms with Gasteiger partial charge in [-0.25, -0.2) is 4.39 Å². The molecule has 27 heavy (non-hydrogen) atoms. The summed E-state index contributed by atoms with van der Waals surface area (Å²) in [5, 5.41) is 3.99. The van der Waals surface area contributed by atoms with Crippen LogP contribution in [0.25, 0.3) is 0 Å². The lowest BCUT2D eigenvalue weighted by atomic mass is 9.84. The average Bonchev–Trinajstić information content (AvgIpc) is 3.28. The van der Waals surface area contributed by atoms with Crippen molar-refractivity contribution in [2.45, 2.75) is 38.5 Å². The zero-order chi connectivity index (χ0) is 19.4. The molecule has 0 aromatic heterocycles. The maximum Gasteiger partial charge on any atom is 0.193 e. The Balaban J connectivity index is 1.55. The number of hydrogen-bond donors (Lipinski definition) is 1. The summed E-state index contributed by atoms with van der Waals surface area (Å²) in [5.41, 5.74) is 0.719. The fourth-order valence-electron chi connectivity index (χ4n) is 4.27. The Morgan fingerprint density at radius 2 is 2.04 bits per heavy atom. The minimum atomic E-state index is -0.301. The molecule has 0 saturated carbocycles. The maximum absolute atomic E-state index is 13.4. The molecule has 2 heterocycles. The first-order valence-corrected chi connectivity index (χ1v) is 10.4. The van der Waals surface area contributed by atoms with Crippen LogP contribution in [0.4, 0.5) is 4.39 Å². The van der Waals surface area contributed by atoms with Gasteiger partial charge >= 0.3 is 0 Å². The van der Waals surface area contributed by atoms with Crippen molar-refractivity contribution in [3.63, 3.8) is 0 Å². The number of guanidine groups is 1. The SMILES string of the molecule is CN=C(NCC(C)(C)c1ccc(F)cc1Cl)N1CCC(CN2CCCC2)C1. The minimum absolute atomic E-state index is 0.227. The van der Waals surface area contributed by atoms with Crippen LogP contribution in [0.3, 0.4) is 0 Å². The molecule has 4 nitrogen and oxygen atoms in total. The zero-order valence-electron chi connectivity index (χ0n) is 16.8. The van der Waals surface area contributed by atoms with Gasteiger partial charge in [0.2, 0.25) is 0 Å². The summed E-state index contributed by atoms with van der Waals surface area (Å²) in [7, 11) is 1.84. The number of rotatable bonds is 5. The first-order chi connectivity index (χ1) is 12.9. The first-order valence-electron chi connectivity index (χ1n) is 10.0. The van der Waals surface area contributed by atoms with E-state index in [1.807, 2.05) is 7.05 Å². The largest absolute Gasteiger partial charge is 0.355 e. The molecule has 0 bridgehead atoms. The zero-order valence-corrected chi connectivity index (χ0v) is 17.5. The fraction of sp³-hybridized carbons (Fsp3) is 0.667. The van der Waals surface area contributed by atoms with Crippen molar-refractivity contribution < 1.29 is 4.39 Å². The third-order valence-electron chi connectivity index (χ3n) is 5.86. The Morgan fingerprint density at radius 1 is 1.30 bits per heavy atom. The number of nitrogens with one attached hydrogen (secondary N) is 1. The summed E-state index contributed by atoms with van der Waals surface area (Å²) < 4.78 is 13.4. The lowest BCUT2D eigenvalue weighted by Crippen LogP contribution is -2.45. The molecule has 6 heteroatoms. The summed E-state index contributed by atoms with van der Waals surface area (Å²) >= 11 is 6.28. The molecule has 0 aliphatic carbocycles. The van der Waals surface area contributed by atoms with Crippen LogP contribution in [0, 0.1) is 11.7 Å². The van der Waals surface area contributed by atoms with Gasteiger partial charge in [-0.15, -0.1) is 0 Å². The van der Waals surface area contributed by atoms with Crippen molar-refractivity contribution in [3.05, 3.63) is 34.6 Å². The van der Waals surface area contributed by atoms with Crippen molar-refractivity contribution in [2.24, 2.45) is 10.9 Å². The molecule has 150 valence electrons. The predicted molar refractivity (Wildman–Crippen MR) is 111 cm³/mol. The summed E-state index contributed by atoms with van der Waals surface area (Å²) in [5.74, 6) is 1.37. The Labute approximate surface area is 167 Å². The molecule has 1 unspecified atom stereocenters. The van der Waals surface area contributed by atoms with Crippen molar-refractivity contribution in [1.82, 2.24) is 15.1 Å². The number of nitrogens with zero attached hydrogens (tertiary/aromatic N) is 3. The number of halogens is 2. The Morgan fingerprint density at radius 3 is 2.70 bits per heavy atom. The second-order valence-electron chi connectivity index (χ2n) is 8.52. The van der Waals surface area contributed by atoms with Crippen molar-refractivity contribution in [3.8, 4) is 0 Å². The van der Waals surface area contributed by atoms with E-state index in [2.05, 4.69) is 34.0 Å². The van der Waals surface area contributed by atoms with Gasteiger partial charge in [-0.05, 0) is 56.0 Å². The van der Waals surface area contributed by atoms with Crippen LogP contribution in [0.15, 0.2) is 23.2 Å². The Hall–Kier alpha value is -1.33. The molecular weight excluding hydrogens is 363 g/mol. The monoisotopic (exact) mass is 394 g/mol. The first kappa shape index (κ1) is 20.4. The van der Waals surface area contributed by atoms with Crippen LogP contribution in [-0.2, 0) is 5.41 Å². The van der Waals surface area contributed by atoms with Crippen LogP contribution < -0.4 is 5.32 Å². The van der Waals surface area contributed by atoms with Gasteiger partial charge < -0.3 is 15.1 Å². The lowest BCUT2D eigenvalue weighted by Gasteiger charge is -2.30. The van der Waals surface area contributed by atoms with E-state index in [1.54, 1.807) is 6.07 Å². The van der Waals surface area contributed by atoms with E-state index >= 15 is 0 Å². The minimum Gasteiger partial charge on any atom is -0.355 e. The van der Waals surface area contributed by atoms with Gasteiger partial charge in [0, 0.05) is 43.7 Å². The quantitative estimate of drug-likeness (QED) is 0.609. The average molecular weight is 395 g/mol. The molecule has 0 radical (unpaired) electrons. The highest BCUT2D eigenvalue weighted by atomic mass is 35.5. The molecule has 2 saturated heterocycles. The van der Waals surface area contributed by atoms with E-state index in [0.29, 0.717) is 11.6 Å². The highest BCUT2D eigenvalue weighted by molar-refractivity contribution is 6.31. The van der Waals surface area contributed by atoms with Crippen LogP contribution in [0.1, 0.15) is 38.7 Å². The standard InChI is InChI=1S/C21H32ClFN4/c1-21(2,18-7-6-17(23)12-19(18)22)15-25-20(24-3)27-11-8-16(14-27)13-26-9-4-5-10-26/h6-7,12,16H,4-5,8-11,13-15H2,1-3H3,(H,24,25). The molecule has 1 aromatic rings. The molecule has 0 amide bonds. The van der Waals surface area contributed by atoms with Crippen molar-refractivity contribution >= 4 is 17.6 Å². The normalized spacial score (nSPS) is 21.9. The molecule has 1 aromatic carbocycles. The van der Waals surface area contributed by atoms with E-state index in [4.69, 9.17) is 11.6 Å². The number of likely N-dealkylation sites (tertiary alicyclic amines) is 2. The second kappa shape index (κ2) is 8.78. The van der Waals surface area contributed by atoms with Gasteiger partial charge in [-0.2, -0.15) is 0 Å². The third-order valence-corrected chi connectivity index (χ3v) is 6.17. The van der Waals surface area contributed by atoms with Gasteiger partial charge in [-0.3, -0.25) is 4.99 Å². The Bertz CT molecular complexity index is 670. The van der Waals surface area contributed by atoms with E-state index in [9.17, 15) is 4.39 Å². The molecule has 1 atom stereocenters. The van der Waals surface area contributed by atoms with Gasteiger partial charge in [0.25, 0.3) is 0 Å². The van der Waals surface area contributed by atoms with Gasteiger partial charge in [-0.1, -0.05) is 31.5 Å². The fourth-order valence-corrected chi connectivity index (χ4v) is 4.69. The molecule has 2 aliphatic heterocycles. The van der Waals surface area contributed by atoms with Crippen molar-refractivity contribution in [2.75, 3.05) is 46.3 Å². The molecule has 0 spiro atoms. The highest BCUT2D eigenvalue weighted by Gasteiger charge is 2.29. The van der Waals surface area contributed by atoms with Crippen LogP contribution in [0.2, 0.25) is 5.02 Å². The van der Waals surface area contributed by atoms with Gasteiger partial charge in [0.05, 0.1) is 0 Å². The molecular formula is C21H32ClFN4. The summed E-state index contributed by atoms with van der Waals surface area (Å²) in [6, 6.07) is 4.64. The summed E-state index contributed by atoms with van der Waals surface area (Å²) in [6.45, 7) is 10.8. The van der Waals surface area contributed by atoms with Crippen molar-refractivity contribution in [1.29, 1.82) is 0 Å². The molecule has 2 fully saturated rings. The van der Waals surface area contributed by atoms with E-state index in [0.717, 1.165) is 30.5 Å². The third kappa shape index (κ3) is 5.14. The highest BCUT2D eigenvalue weighted by Crippen LogP contribution is 2.30. The summed E-state index contributed by atoms with van der Waals surface area (Å²) in [6.07, 6.45) is 3.92. The van der Waals surface area contributed by atoms with E-state index in [-0.39, 0.29) is 11.2 Å². The number of aliphatic imine (C=N–C) groups is 1. The molecule has 1 N–H and O–H groups in total. The van der Waals surface area contributed by atoms with Crippen LogP contribution in [0.5, 0.6) is 0 Å². The van der Waals surface area contributed by atoms with Gasteiger partial charge in [0.15, 0.2) is 5.96 Å². The Kier molecular flexibility index (Phi) is 6.64. The smallest absolute Gasteiger partial charge is 0.193 e. The maximum atomic E-state index is 13.4. The predicted octanol–water partition coefficient (Wildman–Crippen LogP) is 3.75. The number of hydrogen-bond acceptors (Lipinski definition) is 2. The topological polar surface area (TPSA) is 30.9 Å². The van der Waals surface area contributed by atoms with Crippen LogP contribution >= 0.6 is 11.6 Å². The summed E-state index contributed by atoms with van der Waals surface area (Å²) in [4.78, 5) is 9.46. The van der Waals surface area contributed by atoms with E-state index in [1.165, 1.54) is 51.0 Å². The molecule has 2 aliphatic rings. The van der Waals surface area contributed by atoms with Gasteiger partial charge in [0.1, 0.15) is 5.82 Å². The second-order valence-corrected chi connectivity index (χ2v) is 8.92. The number of benzene rings is 1. The van der Waals surface area contributed by atoms with E-state index < -0.39 is 0 Å².